The van der Waals surface area contributed by atoms with Crippen molar-refractivity contribution in [2.45, 2.75) is 17.3 Å². The maximum absolute atomic E-state index is 12.5. The summed E-state index contributed by atoms with van der Waals surface area (Å²) in [5.74, 6) is 0.482. The lowest BCUT2D eigenvalue weighted by Crippen LogP contribution is -2.23. The molecule has 1 aromatic carbocycles. The topological polar surface area (TPSA) is 72.7 Å². The molecule has 0 aliphatic heterocycles. The van der Waals surface area contributed by atoms with Crippen LogP contribution in [0.2, 0.25) is 10.0 Å². The van der Waals surface area contributed by atoms with Gasteiger partial charge in [-0.2, -0.15) is 0 Å². The van der Waals surface area contributed by atoms with E-state index in [9.17, 15) is 4.79 Å². The number of aromatic nitrogens is 4. The summed E-state index contributed by atoms with van der Waals surface area (Å²) < 4.78 is 1.84. The normalized spacial score (nSPS) is 12.0. The smallest absolute Gasteiger partial charge is 0.237 e. The molecular formula is C17H15Cl2N5OS. The number of nitrogens with zero attached hydrogens (tertiary/aromatic N) is 4. The van der Waals surface area contributed by atoms with Gasteiger partial charge in [-0.25, -0.2) is 0 Å². The number of anilines is 1. The number of thioether (sulfide) groups is 1. The summed E-state index contributed by atoms with van der Waals surface area (Å²) >= 11 is 13.5. The van der Waals surface area contributed by atoms with E-state index in [-0.39, 0.29) is 5.91 Å². The molecule has 26 heavy (non-hydrogen) atoms. The molecule has 0 bridgehead atoms. The first-order valence-electron chi connectivity index (χ1n) is 7.68. The molecular weight excluding hydrogens is 393 g/mol. The van der Waals surface area contributed by atoms with Gasteiger partial charge in [0, 0.05) is 25.0 Å². The lowest BCUT2D eigenvalue weighted by Gasteiger charge is -2.13. The molecule has 1 atom stereocenters. The van der Waals surface area contributed by atoms with Gasteiger partial charge in [0.2, 0.25) is 5.91 Å². The van der Waals surface area contributed by atoms with E-state index in [2.05, 4.69) is 20.5 Å². The number of pyridine rings is 1. The standard InChI is InChI=1S/C17H15Cl2N5OS/c1-10(16(25)21-14-12(18)4-3-5-13(14)19)26-17-23-22-15(24(17)2)11-6-8-20-9-7-11/h3-10H,1-2H3,(H,21,25)/t10-/m1/s1. The highest BCUT2D eigenvalue weighted by Gasteiger charge is 2.21. The average molecular weight is 408 g/mol. The Labute approximate surface area is 164 Å². The second kappa shape index (κ2) is 8.07. The van der Waals surface area contributed by atoms with Gasteiger partial charge in [-0.1, -0.05) is 41.0 Å². The average Bonchev–Trinajstić information content (AvgIpc) is 2.99. The summed E-state index contributed by atoms with van der Waals surface area (Å²) in [7, 11) is 1.85. The van der Waals surface area contributed by atoms with E-state index < -0.39 is 5.25 Å². The highest BCUT2D eigenvalue weighted by molar-refractivity contribution is 8.00. The zero-order chi connectivity index (χ0) is 18.7. The number of rotatable bonds is 5. The number of nitrogens with one attached hydrogen (secondary N) is 1. The van der Waals surface area contributed by atoms with E-state index in [1.165, 1.54) is 11.8 Å². The van der Waals surface area contributed by atoms with Crippen molar-refractivity contribution in [1.29, 1.82) is 0 Å². The second-order valence-electron chi connectivity index (χ2n) is 5.45. The van der Waals surface area contributed by atoms with Crippen molar-refractivity contribution in [3.63, 3.8) is 0 Å². The van der Waals surface area contributed by atoms with Crippen LogP contribution in [0, 0.1) is 0 Å². The maximum atomic E-state index is 12.5. The van der Waals surface area contributed by atoms with Crippen LogP contribution in [0.1, 0.15) is 6.92 Å². The third-order valence-electron chi connectivity index (χ3n) is 3.64. The summed E-state index contributed by atoms with van der Waals surface area (Å²) in [6, 6.07) is 8.77. The Kier molecular flexibility index (Phi) is 5.80. The van der Waals surface area contributed by atoms with Crippen LogP contribution in [0.5, 0.6) is 0 Å². The van der Waals surface area contributed by atoms with E-state index in [1.54, 1.807) is 37.5 Å². The number of benzene rings is 1. The zero-order valence-corrected chi connectivity index (χ0v) is 16.3. The number of para-hydroxylation sites is 1. The summed E-state index contributed by atoms with van der Waals surface area (Å²) in [5, 5.41) is 12.1. The van der Waals surface area contributed by atoms with Crippen LogP contribution in [-0.2, 0) is 11.8 Å². The predicted octanol–water partition coefficient (Wildman–Crippen LogP) is 4.30. The Morgan fingerprint density at radius 3 is 2.46 bits per heavy atom. The van der Waals surface area contributed by atoms with Crippen molar-refractivity contribution in [3.8, 4) is 11.4 Å². The molecule has 0 spiro atoms. The van der Waals surface area contributed by atoms with Crippen LogP contribution < -0.4 is 5.32 Å². The number of amides is 1. The molecule has 6 nitrogen and oxygen atoms in total. The van der Waals surface area contributed by atoms with Gasteiger partial charge < -0.3 is 9.88 Å². The van der Waals surface area contributed by atoms with Gasteiger partial charge in [0.25, 0.3) is 0 Å². The monoisotopic (exact) mass is 407 g/mol. The van der Waals surface area contributed by atoms with E-state index in [0.717, 1.165) is 5.56 Å². The molecule has 1 N–H and O–H groups in total. The molecule has 2 heterocycles. The highest BCUT2D eigenvalue weighted by atomic mass is 35.5. The van der Waals surface area contributed by atoms with Gasteiger partial charge in [0.1, 0.15) is 0 Å². The second-order valence-corrected chi connectivity index (χ2v) is 7.57. The molecule has 134 valence electrons. The third-order valence-corrected chi connectivity index (χ3v) is 5.40. The van der Waals surface area contributed by atoms with Gasteiger partial charge in [-0.15, -0.1) is 10.2 Å². The minimum Gasteiger partial charge on any atom is -0.323 e. The van der Waals surface area contributed by atoms with Crippen molar-refractivity contribution in [1.82, 2.24) is 19.7 Å². The molecule has 1 amide bonds. The Balaban J connectivity index is 1.73. The molecule has 2 aromatic heterocycles. The van der Waals surface area contributed by atoms with Crippen LogP contribution in [0.15, 0.2) is 47.9 Å². The molecule has 9 heteroatoms. The summed E-state index contributed by atoms with van der Waals surface area (Å²) in [5.41, 5.74) is 1.31. The van der Waals surface area contributed by atoms with Gasteiger partial charge in [0.05, 0.1) is 21.0 Å². The summed E-state index contributed by atoms with van der Waals surface area (Å²) in [4.78, 5) is 16.5. The number of halogens is 2. The van der Waals surface area contributed by atoms with Crippen LogP contribution in [0.3, 0.4) is 0 Å². The molecule has 0 aliphatic rings. The first-order chi connectivity index (χ1) is 12.5. The van der Waals surface area contributed by atoms with Crippen molar-refractivity contribution in [2.24, 2.45) is 7.05 Å². The van der Waals surface area contributed by atoms with Crippen molar-refractivity contribution in [3.05, 3.63) is 52.8 Å². The van der Waals surface area contributed by atoms with Crippen molar-refractivity contribution >= 4 is 46.6 Å². The van der Waals surface area contributed by atoms with Gasteiger partial charge in [-0.05, 0) is 31.2 Å². The molecule has 0 radical (unpaired) electrons. The molecule has 0 aliphatic carbocycles. The third kappa shape index (κ3) is 4.00. The van der Waals surface area contributed by atoms with E-state index in [1.807, 2.05) is 23.7 Å². The minimum absolute atomic E-state index is 0.224. The Hall–Kier alpha value is -2.09. The van der Waals surface area contributed by atoms with Crippen LogP contribution >= 0.6 is 35.0 Å². The molecule has 0 fully saturated rings. The fourth-order valence-corrected chi connectivity index (χ4v) is 3.53. The van der Waals surface area contributed by atoms with Gasteiger partial charge in [-0.3, -0.25) is 9.78 Å². The van der Waals surface area contributed by atoms with Crippen LogP contribution in [0.25, 0.3) is 11.4 Å². The Morgan fingerprint density at radius 2 is 1.81 bits per heavy atom. The van der Waals surface area contributed by atoms with Gasteiger partial charge >= 0.3 is 0 Å². The fraction of sp³-hybridized carbons (Fsp3) is 0.176. The minimum atomic E-state index is -0.421. The van der Waals surface area contributed by atoms with Crippen molar-refractivity contribution in [2.75, 3.05) is 5.32 Å². The number of hydrogen-bond acceptors (Lipinski definition) is 5. The first-order valence-corrected chi connectivity index (χ1v) is 9.32. The maximum Gasteiger partial charge on any atom is 0.237 e. The lowest BCUT2D eigenvalue weighted by atomic mass is 10.2. The molecule has 3 aromatic rings. The zero-order valence-electron chi connectivity index (χ0n) is 14.0. The van der Waals surface area contributed by atoms with E-state index >= 15 is 0 Å². The van der Waals surface area contributed by atoms with E-state index in [4.69, 9.17) is 23.2 Å². The molecule has 0 saturated carbocycles. The molecule has 0 saturated heterocycles. The fourth-order valence-electron chi connectivity index (χ4n) is 2.22. The van der Waals surface area contributed by atoms with Gasteiger partial charge in [0.15, 0.2) is 11.0 Å². The molecule has 0 unspecified atom stereocenters. The predicted molar refractivity (Wildman–Crippen MR) is 105 cm³/mol. The number of carbonyl (C=O) groups is 1. The number of hydrogen-bond donors (Lipinski definition) is 1. The Bertz CT molecular complexity index is 912. The highest BCUT2D eigenvalue weighted by Crippen LogP contribution is 2.31. The SMILES string of the molecule is C[C@@H](Sc1nnc(-c2ccncc2)n1C)C(=O)Nc1c(Cl)cccc1Cl. The summed E-state index contributed by atoms with van der Waals surface area (Å²) in [6.45, 7) is 1.78. The lowest BCUT2D eigenvalue weighted by molar-refractivity contribution is -0.115. The first kappa shape index (κ1) is 18.7. The van der Waals surface area contributed by atoms with Crippen molar-refractivity contribution < 1.29 is 4.79 Å². The quantitative estimate of drug-likeness (QED) is 0.638. The van der Waals surface area contributed by atoms with Crippen LogP contribution in [-0.4, -0.2) is 30.9 Å². The summed E-state index contributed by atoms with van der Waals surface area (Å²) in [6.07, 6.45) is 3.39. The Morgan fingerprint density at radius 1 is 1.15 bits per heavy atom. The van der Waals surface area contributed by atoms with E-state index in [0.29, 0.717) is 26.7 Å². The molecule has 3 rings (SSSR count). The largest absolute Gasteiger partial charge is 0.323 e. The number of carbonyl (C=O) groups excluding carboxylic acids is 1. The van der Waals surface area contributed by atoms with Crippen LogP contribution in [0.4, 0.5) is 5.69 Å².